The van der Waals surface area contributed by atoms with E-state index in [0.29, 0.717) is 6.42 Å². The number of hydrogen-bond donors (Lipinski definition) is 1. The van der Waals surface area contributed by atoms with Crippen LogP contribution in [0.4, 0.5) is 0 Å². The number of carbonyl (C=O) groups is 2. The van der Waals surface area contributed by atoms with Crippen molar-refractivity contribution >= 4 is 11.8 Å². The van der Waals surface area contributed by atoms with Crippen molar-refractivity contribution in [3.63, 3.8) is 0 Å². The van der Waals surface area contributed by atoms with E-state index in [1.54, 1.807) is 6.08 Å². The summed E-state index contributed by atoms with van der Waals surface area (Å²) in [5.74, 6) is -0.545. The third kappa shape index (κ3) is 16.6. The van der Waals surface area contributed by atoms with Gasteiger partial charge in [-0.15, -0.1) is 0 Å². The summed E-state index contributed by atoms with van der Waals surface area (Å²) in [7, 11) is 0. The van der Waals surface area contributed by atoms with Crippen molar-refractivity contribution < 1.29 is 14.7 Å². The van der Waals surface area contributed by atoms with Gasteiger partial charge in [-0.25, -0.2) is 0 Å². The molecule has 3 heteroatoms. The average Bonchev–Trinajstić information content (AvgIpc) is 2.45. The molecule has 0 spiro atoms. The molecule has 0 unspecified atom stereocenters. The third-order valence-corrected chi connectivity index (χ3v) is 3.32. The minimum Gasteiger partial charge on any atom is -0.481 e. The quantitative estimate of drug-likeness (QED) is 0.277. The van der Waals surface area contributed by atoms with Gasteiger partial charge in [0, 0.05) is 12.8 Å². The van der Waals surface area contributed by atoms with Gasteiger partial charge in [-0.2, -0.15) is 0 Å². The fourth-order valence-corrected chi connectivity index (χ4v) is 2.04. The van der Waals surface area contributed by atoms with E-state index in [4.69, 9.17) is 5.11 Å². The Morgan fingerprint density at radius 1 is 0.857 bits per heavy atom. The van der Waals surface area contributed by atoms with Crippen molar-refractivity contribution in [2.45, 2.75) is 77.6 Å². The summed E-state index contributed by atoms with van der Waals surface area (Å²) in [5, 5.41) is 8.49. The molecular weight excluding hydrogens is 264 g/mol. The Labute approximate surface area is 129 Å². The maximum absolute atomic E-state index is 11.6. The van der Waals surface area contributed by atoms with Gasteiger partial charge in [0.15, 0.2) is 5.78 Å². The third-order valence-electron chi connectivity index (χ3n) is 3.32. The topological polar surface area (TPSA) is 54.4 Å². The predicted octanol–water partition coefficient (Wildman–Crippen LogP) is 5.06. The number of aliphatic carboxylic acids is 1. The zero-order chi connectivity index (χ0) is 15.8. The first-order chi connectivity index (χ1) is 10.2. The highest BCUT2D eigenvalue weighted by atomic mass is 16.4. The number of hydrogen-bond acceptors (Lipinski definition) is 2. The molecule has 0 rings (SSSR count). The highest BCUT2D eigenvalue weighted by Crippen LogP contribution is 2.08. The Morgan fingerprint density at radius 2 is 1.52 bits per heavy atom. The van der Waals surface area contributed by atoms with Crippen molar-refractivity contribution in [3.8, 4) is 0 Å². The van der Waals surface area contributed by atoms with E-state index < -0.39 is 5.97 Å². The van der Waals surface area contributed by atoms with Gasteiger partial charge in [0.2, 0.25) is 0 Å². The highest BCUT2D eigenvalue weighted by molar-refractivity contribution is 5.89. The molecule has 0 aromatic rings. The van der Waals surface area contributed by atoms with E-state index in [-0.39, 0.29) is 12.2 Å². The van der Waals surface area contributed by atoms with Crippen LogP contribution in [0.3, 0.4) is 0 Å². The number of unbranched alkanes of at least 4 members (excludes halogenated alkanes) is 7. The Balaban J connectivity index is 3.43. The molecule has 0 aromatic heterocycles. The van der Waals surface area contributed by atoms with Gasteiger partial charge in [0.1, 0.15) is 0 Å². The van der Waals surface area contributed by atoms with E-state index in [2.05, 4.69) is 13.0 Å². The van der Waals surface area contributed by atoms with E-state index in [0.717, 1.165) is 38.5 Å². The number of rotatable bonds is 14. The van der Waals surface area contributed by atoms with Crippen LogP contribution >= 0.6 is 0 Å². The molecule has 0 aliphatic heterocycles. The molecule has 0 amide bonds. The molecule has 0 aliphatic carbocycles. The first-order valence-corrected chi connectivity index (χ1v) is 8.24. The van der Waals surface area contributed by atoms with Gasteiger partial charge in [0.05, 0.1) is 0 Å². The number of carboxylic acid groups (broad SMARTS) is 1. The van der Waals surface area contributed by atoms with Crippen LogP contribution in [-0.2, 0) is 9.59 Å². The maximum Gasteiger partial charge on any atom is 0.303 e. The molecule has 0 fully saturated rings. The van der Waals surface area contributed by atoms with Crippen LogP contribution in [0, 0.1) is 0 Å². The van der Waals surface area contributed by atoms with Crippen molar-refractivity contribution in [2.24, 2.45) is 0 Å². The summed E-state index contributed by atoms with van der Waals surface area (Å²) in [4.78, 5) is 21.9. The van der Waals surface area contributed by atoms with Crippen molar-refractivity contribution in [3.05, 3.63) is 24.3 Å². The lowest BCUT2D eigenvalue weighted by atomic mass is 10.1. The van der Waals surface area contributed by atoms with E-state index >= 15 is 0 Å². The summed E-state index contributed by atoms with van der Waals surface area (Å²) in [6.45, 7) is 2.19. The second-order valence-corrected chi connectivity index (χ2v) is 5.41. The molecule has 21 heavy (non-hydrogen) atoms. The predicted molar refractivity (Wildman–Crippen MR) is 87.4 cm³/mol. The smallest absolute Gasteiger partial charge is 0.303 e. The standard InChI is InChI=1S/C18H30O3/c1-2-3-4-5-6-8-11-14-17(19)15-12-9-7-10-13-16-18(20)21/h6,8,11,14H,2-5,7,9-10,12-13,15-16H2,1H3,(H,20,21). The molecule has 0 atom stereocenters. The van der Waals surface area contributed by atoms with Crippen molar-refractivity contribution in [1.82, 2.24) is 0 Å². The van der Waals surface area contributed by atoms with Gasteiger partial charge < -0.3 is 5.11 Å². The van der Waals surface area contributed by atoms with Crippen molar-refractivity contribution in [1.29, 1.82) is 0 Å². The minimum absolute atomic E-state index is 0.179. The molecule has 0 saturated carbocycles. The number of allylic oxidation sites excluding steroid dienone is 4. The summed E-state index contributed by atoms with van der Waals surface area (Å²) in [6, 6.07) is 0. The SMILES string of the molecule is CCCCCC=CC=CC(=O)CCCCCCCC(=O)O. The molecule has 0 bridgehead atoms. The molecule has 3 nitrogen and oxygen atoms in total. The van der Waals surface area contributed by atoms with E-state index in [1.165, 1.54) is 19.3 Å². The summed E-state index contributed by atoms with van der Waals surface area (Å²) in [5.41, 5.74) is 0. The Hall–Kier alpha value is -1.38. The molecular formula is C18H30O3. The first-order valence-electron chi connectivity index (χ1n) is 8.24. The summed E-state index contributed by atoms with van der Waals surface area (Å²) in [6.07, 6.45) is 17.8. The molecule has 0 saturated heterocycles. The summed E-state index contributed by atoms with van der Waals surface area (Å²) < 4.78 is 0. The molecule has 0 radical (unpaired) electrons. The molecule has 1 N–H and O–H groups in total. The Kier molecular flexibility index (Phi) is 14.0. The molecule has 0 aromatic carbocycles. The lowest BCUT2D eigenvalue weighted by Crippen LogP contribution is -1.94. The number of ketones is 1. The van der Waals surface area contributed by atoms with Crippen LogP contribution in [0.25, 0.3) is 0 Å². The second kappa shape index (κ2) is 15.0. The van der Waals surface area contributed by atoms with Crippen LogP contribution in [0.2, 0.25) is 0 Å². The van der Waals surface area contributed by atoms with Crippen LogP contribution in [0.5, 0.6) is 0 Å². The fraction of sp³-hybridized carbons (Fsp3) is 0.667. The lowest BCUT2D eigenvalue weighted by Gasteiger charge is -1.98. The second-order valence-electron chi connectivity index (χ2n) is 5.41. The molecule has 120 valence electrons. The molecule has 0 heterocycles. The first kappa shape index (κ1) is 19.6. The van der Waals surface area contributed by atoms with Crippen LogP contribution in [-0.4, -0.2) is 16.9 Å². The van der Waals surface area contributed by atoms with Gasteiger partial charge in [-0.3, -0.25) is 9.59 Å². The maximum atomic E-state index is 11.6. The highest BCUT2D eigenvalue weighted by Gasteiger charge is 1.98. The largest absolute Gasteiger partial charge is 0.481 e. The monoisotopic (exact) mass is 294 g/mol. The Bertz CT molecular complexity index is 329. The number of carbonyl (C=O) groups excluding carboxylic acids is 1. The lowest BCUT2D eigenvalue weighted by molar-refractivity contribution is -0.137. The molecule has 0 aliphatic rings. The van der Waals surface area contributed by atoms with Crippen LogP contribution < -0.4 is 0 Å². The fourth-order valence-electron chi connectivity index (χ4n) is 2.04. The van der Waals surface area contributed by atoms with E-state index in [1.807, 2.05) is 12.2 Å². The zero-order valence-corrected chi connectivity index (χ0v) is 13.4. The van der Waals surface area contributed by atoms with Gasteiger partial charge in [-0.1, -0.05) is 57.3 Å². The normalized spacial score (nSPS) is 11.5. The minimum atomic E-state index is -0.724. The van der Waals surface area contributed by atoms with Crippen LogP contribution in [0.15, 0.2) is 24.3 Å². The Morgan fingerprint density at radius 3 is 2.19 bits per heavy atom. The van der Waals surface area contributed by atoms with Gasteiger partial charge in [-0.05, 0) is 31.8 Å². The van der Waals surface area contributed by atoms with E-state index in [9.17, 15) is 9.59 Å². The van der Waals surface area contributed by atoms with Gasteiger partial charge in [0.25, 0.3) is 0 Å². The average molecular weight is 294 g/mol. The van der Waals surface area contributed by atoms with Gasteiger partial charge >= 0.3 is 5.97 Å². The van der Waals surface area contributed by atoms with Crippen molar-refractivity contribution in [2.75, 3.05) is 0 Å². The number of carboxylic acids is 1. The van der Waals surface area contributed by atoms with Crippen LogP contribution in [0.1, 0.15) is 77.6 Å². The summed E-state index contributed by atoms with van der Waals surface area (Å²) >= 11 is 0. The zero-order valence-electron chi connectivity index (χ0n) is 13.4.